The topological polar surface area (TPSA) is 112 Å². The normalized spacial score (nSPS) is 24.4. The van der Waals surface area contributed by atoms with Crippen molar-refractivity contribution >= 4 is 34.4 Å². The van der Waals surface area contributed by atoms with Crippen LogP contribution in [0, 0.1) is 12.3 Å². The Morgan fingerprint density at radius 1 is 1.57 bits per heavy atom. The molecule has 0 spiro atoms. The van der Waals surface area contributed by atoms with Gasteiger partial charge in [-0.3, -0.25) is 4.79 Å². The highest BCUT2D eigenvalue weighted by molar-refractivity contribution is 6.28. The fourth-order valence-corrected chi connectivity index (χ4v) is 3.53. The minimum absolute atomic E-state index is 0.00669. The highest BCUT2D eigenvalue weighted by atomic mass is 35.5. The molecular formula is C19H23ClN4O4. The van der Waals surface area contributed by atoms with Gasteiger partial charge in [-0.2, -0.15) is 4.98 Å². The summed E-state index contributed by atoms with van der Waals surface area (Å²) in [7, 11) is 0. The van der Waals surface area contributed by atoms with Gasteiger partial charge in [-0.25, -0.2) is 4.98 Å². The number of nitrogens with two attached hydrogens (primary N) is 1. The number of esters is 1. The number of carbonyl (C=O) groups excluding carboxylic acids is 1. The van der Waals surface area contributed by atoms with Gasteiger partial charge in [0.15, 0.2) is 5.60 Å². The first-order valence-corrected chi connectivity index (χ1v) is 9.57. The van der Waals surface area contributed by atoms with Gasteiger partial charge in [0, 0.05) is 19.0 Å². The molecule has 0 saturated carbocycles. The first-order chi connectivity index (χ1) is 13.4. The minimum atomic E-state index is -1.43. The largest absolute Gasteiger partial charge is 0.458 e. The Hall–Kier alpha value is -2.34. The predicted molar refractivity (Wildman–Crippen MR) is 104 cm³/mol. The van der Waals surface area contributed by atoms with E-state index in [9.17, 15) is 9.90 Å². The molecule has 0 unspecified atom stereocenters. The number of rotatable bonds is 7. The Morgan fingerprint density at radius 3 is 3.04 bits per heavy atom. The van der Waals surface area contributed by atoms with Gasteiger partial charge in [-0.1, -0.05) is 25.7 Å². The van der Waals surface area contributed by atoms with Crippen LogP contribution in [0.4, 0.5) is 5.82 Å². The van der Waals surface area contributed by atoms with E-state index in [0.717, 1.165) is 19.3 Å². The number of aromatic nitrogens is 3. The third-order valence-corrected chi connectivity index (χ3v) is 5.07. The molecule has 0 amide bonds. The SMILES string of the molecule is C#C[C@]1(CO)O[C@@H](n2ccc3c(N)nc(Cl)nc32)C[C@@H]1OC(=O)CCCCC. The highest BCUT2D eigenvalue weighted by Gasteiger charge is 2.50. The van der Waals surface area contributed by atoms with Crippen LogP contribution >= 0.6 is 11.6 Å². The second kappa shape index (κ2) is 8.35. The molecule has 1 fully saturated rings. The molecule has 150 valence electrons. The van der Waals surface area contributed by atoms with E-state index in [-0.39, 0.29) is 23.5 Å². The van der Waals surface area contributed by atoms with Crippen LogP contribution in [0.25, 0.3) is 11.0 Å². The van der Waals surface area contributed by atoms with Crippen LogP contribution in [0.1, 0.15) is 45.3 Å². The standard InChI is InChI=1S/C19H23ClN4O4/c1-3-5-6-7-15(26)27-13-10-14(28-19(13,4-2)11-25)24-9-8-12-16(21)22-18(20)23-17(12)24/h2,8-9,13-14,25H,3,5-7,10-11H2,1H3,(H2,21,22,23)/t13-,14+,19+/m0/s1. The number of fused-ring (bicyclic) bond motifs is 1. The molecule has 0 bridgehead atoms. The molecule has 0 radical (unpaired) electrons. The zero-order valence-electron chi connectivity index (χ0n) is 15.6. The highest BCUT2D eigenvalue weighted by Crippen LogP contribution is 2.40. The lowest BCUT2D eigenvalue weighted by Crippen LogP contribution is -2.44. The molecular weight excluding hydrogens is 384 g/mol. The summed E-state index contributed by atoms with van der Waals surface area (Å²) in [6.07, 6.45) is 9.21. The third-order valence-electron chi connectivity index (χ3n) is 4.90. The number of ether oxygens (including phenoxy) is 2. The van der Waals surface area contributed by atoms with Crippen molar-refractivity contribution in [3.63, 3.8) is 0 Å². The summed E-state index contributed by atoms with van der Waals surface area (Å²) in [6, 6.07) is 1.74. The number of hydrogen-bond acceptors (Lipinski definition) is 7. The number of halogens is 1. The summed E-state index contributed by atoms with van der Waals surface area (Å²) >= 11 is 5.93. The van der Waals surface area contributed by atoms with Crippen LogP contribution in [0.2, 0.25) is 5.28 Å². The Bertz CT molecular complexity index is 909. The monoisotopic (exact) mass is 406 g/mol. The number of anilines is 1. The zero-order valence-corrected chi connectivity index (χ0v) is 16.4. The van der Waals surface area contributed by atoms with Gasteiger partial charge in [-0.15, -0.1) is 6.42 Å². The van der Waals surface area contributed by atoms with Crippen molar-refractivity contribution in [3.05, 3.63) is 17.5 Å². The number of hydrogen-bond donors (Lipinski definition) is 2. The molecule has 2 aromatic heterocycles. The molecule has 3 atom stereocenters. The maximum absolute atomic E-state index is 12.2. The first kappa shape index (κ1) is 20.4. The number of nitrogen functional groups attached to an aromatic ring is 1. The number of carbonyl (C=O) groups is 1. The fourth-order valence-electron chi connectivity index (χ4n) is 3.36. The number of unbranched alkanes of at least 4 members (excludes halogenated alkanes) is 2. The maximum atomic E-state index is 12.2. The van der Waals surface area contributed by atoms with Crippen LogP contribution in [-0.4, -0.2) is 43.9 Å². The zero-order chi connectivity index (χ0) is 20.3. The van der Waals surface area contributed by atoms with Crippen LogP contribution in [0.15, 0.2) is 12.3 Å². The lowest BCUT2D eigenvalue weighted by Gasteiger charge is -2.26. The molecule has 0 aromatic carbocycles. The lowest BCUT2D eigenvalue weighted by molar-refractivity contribution is -0.158. The summed E-state index contributed by atoms with van der Waals surface area (Å²) in [4.78, 5) is 20.3. The van der Waals surface area contributed by atoms with E-state index in [2.05, 4.69) is 22.8 Å². The molecule has 8 nitrogen and oxygen atoms in total. The predicted octanol–water partition coefficient (Wildman–Crippen LogP) is 2.44. The second-order valence-electron chi connectivity index (χ2n) is 6.77. The molecule has 3 heterocycles. The number of aliphatic hydroxyl groups is 1. The van der Waals surface area contributed by atoms with Gasteiger partial charge in [0.2, 0.25) is 5.28 Å². The third kappa shape index (κ3) is 3.78. The molecule has 9 heteroatoms. The first-order valence-electron chi connectivity index (χ1n) is 9.19. The van der Waals surface area contributed by atoms with Gasteiger partial charge < -0.3 is 24.9 Å². The molecule has 0 aliphatic carbocycles. The van der Waals surface area contributed by atoms with Crippen molar-refractivity contribution in [2.24, 2.45) is 0 Å². The average molecular weight is 407 g/mol. The minimum Gasteiger partial charge on any atom is -0.458 e. The van der Waals surface area contributed by atoms with Crippen molar-refractivity contribution < 1.29 is 19.4 Å². The summed E-state index contributed by atoms with van der Waals surface area (Å²) in [6.45, 7) is 1.57. The van der Waals surface area contributed by atoms with Gasteiger partial charge in [0.1, 0.15) is 23.8 Å². The van der Waals surface area contributed by atoms with Gasteiger partial charge in [0.25, 0.3) is 0 Å². The number of terminal acetylenes is 1. The summed E-state index contributed by atoms with van der Waals surface area (Å²) in [5.74, 6) is 2.35. The Morgan fingerprint density at radius 2 is 2.36 bits per heavy atom. The van der Waals surface area contributed by atoms with Gasteiger partial charge in [0.05, 0.1) is 12.0 Å². The molecule has 3 rings (SSSR count). The molecule has 3 N–H and O–H groups in total. The van der Waals surface area contributed by atoms with Gasteiger partial charge >= 0.3 is 5.97 Å². The Labute approximate surface area is 168 Å². The quantitative estimate of drug-likeness (QED) is 0.314. The van der Waals surface area contributed by atoms with Crippen molar-refractivity contribution in [3.8, 4) is 12.3 Å². The summed E-state index contributed by atoms with van der Waals surface area (Å²) in [5.41, 5.74) is 4.94. The van der Waals surface area contributed by atoms with E-state index >= 15 is 0 Å². The summed E-state index contributed by atoms with van der Waals surface area (Å²) < 4.78 is 13.3. The smallest absolute Gasteiger partial charge is 0.306 e. The van der Waals surface area contributed by atoms with Crippen LogP contribution in [0.3, 0.4) is 0 Å². The van der Waals surface area contributed by atoms with Gasteiger partial charge in [-0.05, 0) is 24.1 Å². The van der Waals surface area contributed by atoms with Crippen molar-refractivity contribution in [1.29, 1.82) is 0 Å². The van der Waals surface area contributed by atoms with Crippen molar-refractivity contribution in [2.75, 3.05) is 12.3 Å². The molecule has 1 aliphatic rings. The fraction of sp³-hybridized carbons (Fsp3) is 0.526. The van der Waals surface area contributed by atoms with E-state index in [1.165, 1.54) is 0 Å². The Kier molecular flexibility index (Phi) is 6.08. The van der Waals surface area contributed by atoms with E-state index in [0.29, 0.717) is 17.5 Å². The average Bonchev–Trinajstić information content (AvgIpc) is 3.24. The second-order valence-corrected chi connectivity index (χ2v) is 7.11. The lowest BCUT2D eigenvalue weighted by atomic mass is 9.98. The molecule has 2 aromatic rings. The van der Waals surface area contributed by atoms with E-state index in [1.54, 1.807) is 16.8 Å². The Balaban J connectivity index is 1.85. The number of aliphatic hydroxyl groups excluding tert-OH is 1. The van der Waals surface area contributed by atoms with Crippen LogP contribution in [0.5, 0.6) is 0 Å². The molecule has 1 aliphatic heterocycles. The van der Waals surface area contributed by atoms with E-state index < -0.39 is 24.5 Å². The number of nitrogens with zero attached hydrogens (tertiary/aromatic N) is 3. The van der Waals surface area contributed by atoms with Crippen LogP contribution in [-0.2, 0) is 14.3 Å². The van der Waals surface area contributed by atoms with E-state index in [1.807, 2.05) is 0 Å². The van der Waals surface area contributed by atoms with Crippen LogP contribution < -0.4 is 5.73 Å². The van der Waals surface area contributed by atoms with Crippen molar-refractivity contribution in [2.45, 2.75) is 57.0 Å². The molecule has 28 heavy (non-hydrogen) atoms. The maximum Gasteiger partial charge on any atom is 0.306 e. The summed E-state index contributed by atoms with van der Waals surface area (Å²) in [5, 5.41) is 10.5. The van der Waals surface area contributed by atoms with Crippen molar-refractivity contribution in [1.82, 2.24) is 14.5 Å². The van der Waals surface area contributed by atoms with E-state index in [4.69, 9.17) is 33.2 Å². The molecule has 1 saturated heterocycles.